The van der Waals surface area contributed by atoms with Crippen LogP contribution in [0.15, 0.2) is 51.3 Å². The van der Waals surface area contributed by atoms with Crippen LogP contribution in [0.25, 0.3) is 5.65 Å². The number of thioether (sulfide) groups is 1. The smallest absolute Gasteiger partial charge is 0.213 e. The highest BCUT2D eigenvalue weighted by atomic mass is 32.2. The normalized spacial score (nSPS) is 11.8. The second-order valence-corrected chi connectivity index (χ2v) is 7.89. The van der Waals surface area contributed by atoms with Gasteiger partial charge in [0.15, 0.2) is 10.5 Å². The molecule has 0 saturated heterocycles. The number of hydrogen-bond acceptors (Lipinski definition) is 7. The number of nitrogens with zero attached hydrogens (tertiary/aromatic N) is 3. The average molecular weight is 378 g/mol. The molecule has 1 N–H and O–H groups in total. The molecule has 25 heavy (non-hydrogen) atoms. The number of fused-ring (bicyclic) bond motifs is 1. The van der Waals surface area contributed by atoms with Crippen molar-refractivity contribution < 1.29 is 13.2 Å². The quantitative estimate of drug-likeness (QED) is 0.660. The van der Waals surface area contributed by atoms with Crippen molar-refractivity contribution in [1.29, 1.82) is 0 Å². The fourth-order valence-electron chi connectivity index (χ4n) is 2.51. The molecule has 0 radical (unpaired) electrons. The number of sulfone groups is 1. The van der Waals surface area contributed by atoms with Crippen molar-refractivity contribution in [2.45, 2.75) is 21.4 Å². The Morgan fingerprint density at radius 1 is 1.28 bits per heavy atom. The molecule has 9 heteroatoms. The first-order chi connectivity index (χ1) is 12.0. The zero-order valence-corrected chi connectivity index (χ0v) is 15.7. The third-order valence-electron chi connectivity index (χ3n) is 3.68. The fourth-order valence-corrected chi connectivity index (χ4v) is 4.94. The van der Waals surface area contributed by atoms with E-state index in [1.54, 1.807) is 56.9 Å². The van der Waals surface area contributed by atoms with Gasteiger partial charge in [-0.2, -0.15) is 5.10 Å². The van der Waals surface area contributed by atoms with Gasteiger partial charge in [-0.05, 0) is 18.4 Å². The molecular formula is C16H18N4O3S2. The van der Waals surface area contributed by atoms with E-state index in [0.29, 0.717) is 16.4 Å². The summed E-state index contributed by atoms with van der Waals surface area (Å²) in [6.45, 7) is 0.261. The van der Waals surface area contributed by atoms with Crippen molar-refractivity contribution in [2.24, 2.45) is 0 Å². The standard InChI is InChI=1S/C16H18N4O3S2/c1-17-12-9-20-15(18-13(12)10-23-2)14(16(19-20)24-3)25(21,22)11-7-5-4-6-8-11/h4-9,17H,10H2,1-3H3. The van der Waals surface area contributed by atoms with Gasteiger partial charge in [0.25, 0.3) is 0 Å². The molecule has 2 heterocycles. The number of anilines is 1. The van der Waals surface area contributed by atoms with Crippen LogP contribution in [0, 0.1) is 0 Å². The molecule has 0 amide bonds. The minimum Gasteiger partial charge on any atom is -0.385 e. The van der Waals surface area contributed by atoms with Crippen LogP contribution < -0.4 is 5.32 Å². The third-order valence-corrected chi connectivity index (χ3v) is 6.29. The number of ether oxygens (including phenoxy) is 1. The first-order valence-electron chi connectivity index (χ1n) is 7.46. The van der Waals surface area contributed by atoms with Gasteiger partial charge in [0.1, 0.15) is 5.03 Å². The lowest BCUT2D eigenvalue weighted by molar-refractivity contribution is 0.182. The van der Waals surface area contributed by atoms with E-state index in [1.807, 2.05) is 0 Å². The summed E-state index contributed by atoms with van der Waals surface area (Å²) in [7, 11) is -0.412. The number of rotatable bonds is 6. The molecule has 132 valence electrons. The van der Waals surface area contributed by atoms with Crippen LogP contribution in [0.4, 0.5) is 5.69 Å². The van der Waals surface area contributed by atoms with E-state index in [0.717, 1.165) is 5.69 Å². The average Bonchev–Trinajstić information content (AvgIpc) is 3.00. The van der Waals surface area contributed by atoms with Crippen molar-refractivity contribution in [3.8, 4) is 0 Å². The lowest BCUT2D eigenvalue weighted by Gasteiger charge is -2.09. The van der Waals surface area contributed by atoms with Crippen LogP contribution in [0.5, 0.6) is 0 Å². The van der Waals surface area contributed by atoms with Crippen molar-refractivity contribution >= 4 is 32.9 Å². The summed E-state index contributed by atoms with van der Waals surface area (Å²) in [5, 5.41) is 7.83. The maximum absolute atomic E-state index is 13.2. The highest BCUT2D eigenvalue weighted by Gasteiger charge is 2.29. The molecular weight excluding hydrogens is 360 g/mol. The van der Waals surface area contributed by atoms with Gasteiger partial charge in [0.2, 0.25) is 9.84 Å². The lowest BCUT2D eigenvalue weighted by Crippen LogP contribution is -2.07. The summed E-state index contributed by atoms with van der Waals surface area (Å²) >= 11 is 1.27. The van der Waals surface area contributed by atoms with Gasteiger partial charge in [-0.15, -0.1) is 11.8 Å². The number of aromatic nitrogens is 3. The summed E-state index contributed by atoms with van der Waals surface area (Å²) in [5.74, 6) is 0. The first-order valence-corrected chi connectivity index (χ1v) is 10.2. The Labute approximate surface area is 150 Å². The van der Waals surface area contributed by atoms with Crippen LogP contribution in [0.1, 0.15) is 5.69 Å². The summed E-state index contributed by atoms with van der Waals surface area (Å²) in [5.41, 5.74) is 1.64. The zero-order chi connectivity index (χ0) is 18.0. The van der Waals surface area contributed by atoms with Crippen LogP contribution in [0.3, 0.4) is 0 Å². The molecule has 0 saturated carbocycles. The van der Waals surface area contributed by atoms with E-state index in [2.05, 4.69) is 15.4 Å². The van der Waals surface area contributed by atoms with Crippen molar-refractivity contribution in [1.82, 2.24) is 14.6 Å². The van der Waals surface area contributed by atoms with Crippen molar-refractivity contribution in [3.63, 3.8) is 0 Å². The molecule has 7 nitrogen and oxygen atoms in total. The summed E-state index contributed by atoms with van der Waals surface area (Å²) in [6.07, 6.45) is 3.52. The lowest BCUT2D eigenvalue weighted by atomic mass is 10.3. The van der Waals surface area contributed by atoms with E-state index in [-0.39, 0.29) is 16.4 Å². The van der Waals surface area contributed by atoms with Crippen LogP contribution in [-0.4, -0.2) is 43.4 Å². The molecule has 3 rings (SSSR count). The third kappa shape index (κ3) is 3.10. The summed E-state index contributed by atoms with van der Waals surface area (Å²) in [6, 6.07) is 8.31. The van der Waals surface area contributed by atoms with Crippen LogP contribution in [0.2, 0.25) is 0 Å². The Balaban J connectivity index is 2.32. The highest BCUT2D eigenvalue weighted by Crippen LogP contribution is 2.33. The second-order valence-electron chi connectivity index (χ2n) is 5.21. The van der Waals surface area contributed by atoms with Crippen molar-refractivity contribution in [2.75, 3.05) is 25.7 Å². The Bertz CT molecular complexity index is 1000. The molecule has 2 aromatic heterocycles. The van der Waals surface area contributed by atoms with E-state index in [4.69, 9.17) is 4.74 Å². The van der Waals surface area contributed by atoms with Gasteiger partial charge in [-0.25, -0.2) is 17.9 Å². The van der Waals surface area contributed by atoms with Gasteiger partial charge in [-0.1, -0.05) is 18.2 Å². The molecule has 1 aromatic carbocycles. The van der Waals surface area contributed by atoms with E-state index in [9.17, 15) is 8.42 Å². The summed E-state index contributed by atoms with van der Waals surface area (Å²) < 4.78 is 33.0. The number of nitrogens with one attached hydrogen (secondary N) is 1. The van der Waals surface area contributed by atoms with E-state index < -0.39 is 9.84 Å². The Morgan fingerprint density at radius 3 is 2.60 bits per heavy atom. The molecule has 0 unspecified atom stereocenters. The fraction of sp³-hybridized carbons (Fsp3) is 0.250. The molecule has 0 bridgehead atoms. The topological polar surface area (TPSA) is 85.6 Å². The zero-order valence-electron chi connectivity index (χ0n) is 14.1. The predicted octanol–water partition coefficient (Wildman–Crippen LogP) is 2.47. The van der Waals surface area contributed by atoms with Crippen LogP contribution >= 0.6 is 11.8 Å². The van der Waals surface area contributed by atoms with Gasteiger partial charge >= 0.3 is 0 Å². The van der Waals surface area contributed by atoms with Gasteiger partial charge in [0.05, 0.1) is 29.1 Å². The van der Waals surface area contributed by atoms with Gasteiger partial charge in [0, 0.05) is 14.2 Å². The van der Waals surface area contributed by atoms with Crippen molar-refractivity contribution in [3.05, 3.63) is 42.2 Å². The highest BCUT2D eigenvalue weighted by molar-refractivity contribution is 7.99. The Morgan fingerprint density at radius 2 is 2.00 bits per heavy atom. The molecule has 0 aliphatic carbocycles. The largest absolute Gasteiger partial charge is 0.385 e. The van der Waals surface area contributed by atoms with Gasteiger partial charge < -0.3 is 10.1 Å². The van der Waals surface area contributed by atoms with Crippen LogP contribution in [-0.2, 0) is 21.2 Å². The predicted molar refractivity (Wildman–Crippen MR) is 96.9 cm³/mol. The maximum atomic E-state index is 13.2. The molecule has 0 aliphatic heterocycles. The number of methoxy groups -OCH3 is 1. The minimum absolute atomic E-state index is 0.117. The molecule has 0 fully saturated rings. The molecule has 0 aliphatic rings. The second kappa shape index (κ2) is 7.03. The number of benzene rings is 1. The first kappa shape index (κ1) is 17.7. The van der Waals surface area contributed by atoms with Gasteiger partial charge in [-0.3, -0.25) is 0 Å². The minimum atomic E-state index is -3.74. The molecule has 0 spiro atoms. The Hall–Kier alpha value is -2.10. The molecule has 0 atom stereocenters. The monoisotopic (exact) mass is 378 g/mol. The molecule has 3 aromatic rings. The number of hydrogen-bond donors (Lipinski definition) is 1. The van der Waals surface area contributed by atoms with E-state index >= 15 is 0 Å². The summed E-state index contributed by atoms with van der Waals surface area (Å²) in [4.78, 5) is 4.85. The Kier molecular flexibility index (Phi) is 4.98. The van der Waals surface area contributed by atoms with E-state index in [1.165, 1.54) is 16.3 Å². The maximum Gasteiger partial charge on any atom is 0.213 e. The SMILES string of the molecule is CNc1cn2nc(SC)c(S(=O)(=O)c3ccccc3)c2nc1COC.